The topological polar surface area (TPSA) is 54.2 Å². The fourth-order valence-corrected chi connectivity index (χ4v) is 2.29. The van der Waals surface area contributed by atoms with E-state index < -0.39 is 0 Å². The van der Waals surface area contributed by atoms with Crippen molar-refractivity contribution in [3.05, 3.63) is 46.8 Å². The molecule has 0 amide bonds. The minimum Gasteiger partial charge on any atom is -0.369 e. The Bertz CT molecular complexity index is 784. The summed E-state index contributed by atoms with van der Waals surface area (Å²) < 4.78 is 1.91. The first kappa shape index (κ1) is 14.0. The molecule has 0 unspecified atom stereocenters. The number of nitrogens with zero attached hydrogens (tertiary/aromatic N) is 3. The van der Waals surface area contributed by atoms with Crippen molar-refractivity contribution in [3.8, 4) is 0 Å². The van der Waals surface area contributed by atoms with Crippen LogP contribution < -0.4 is 10.6 Å². The molecule has 0 saturated heterocycles. The molecule has 5 nitrogen and oxygen atoms in total. The van der Waals surface area contributed by atoms with E-state index >= 15 is 0 Å². The number of aromatic nitrogens is 3. The van der Waals surface area contributed by atoms with E-state index in [1.54, 1.807) is 18.3 Å². The number of rotatable bonds is 4. The third-order valence-electron chi connectivity index (χ3n) is 2.91. The maximum atomic E-state index is 6.03. The van der Waals surface area contributed by atoms with Crippen molar-refractivity contribution >= 4 is 46.2 Å². The summed E-state index contributed by atoms with van der Waals surface area (Å²) in [5.74, 6) is 1.42. The SMILES string of the molecule is CCNc1cn2ccnc2c(Nc2ccc(Cl)c(Cl)c2)n1. The summed E-state index contributed by atoms with van der Waals surface area (Å²) in [6, 6.07) is 5.34. The number of benzene rings is 1. The molecule has 3 rings (SSSR count). The molecule has 0 aliphatic rings. The maximum absolute atomic E-state index is 6.03. The van der Waals surface area contributed by atoms with E-state index in [0.717, 1.165) is 23.7 Å². The van der Waals surface area contributed by atoms with Crippen molar-refractivity contribution in [2.45, 2.75) is 6.92 Å². The van der Waals surface area contributed by atoms with E-state index in [1.165, 1.54) is 0 Å². The van der Waals surface area contributed by atoms with Crippen molar-refractivity contribution in [1.29, 1.82) is 0 Å². The van der Waals surface area contributed by atoms with E-state index in [1.807, 2.05) is 29.8 Å². The van der Waals surface area contributed by atoms with E-state index in [9.17, 15) is 0 Å². The van der Waals surface area contributed by atoms with Crippen LogP contribution in [-0.2, 0) is 0 Å². The average molecular weight is 322 g/mol. The molecule has 2 heterocycles. The van der Waals surface area contributed by atoms with Gasteiger partial charge in [0.2, 0.25) is 0 Å². The van der Waals surface area contributed by atoms with Crippen LogP contribution in [0.15, 0.2) is 36.8 Å². The highest BCUT2D eigenvalue weighted by atomic mass is 35.5. The van der Waals surface area contributed by atoms with Crippen molar-refractivity contribution in [2.75, 3.05) is 17.2 Å². The van der Waals surface area contributed by atoms with Crippen LogP contribution in [0.1, 0.15) is 6.92 Å². The summed E-state index contributed by atoms with van der Waals surface area (Å²) in [5, 5.41) is 7.42. The van der Waals surface area contributed by atoms with E-state index in [2.05, 4.69) is 20.6 Å². The number of nitrogens with one attached hydrogen (secondary N) is 2. The molecule has 0 bridgehead atoms. The Kier molecular flexibility index (Phi) is 3.86. The molecule has 108 valence electrons. The van der Waals surface area contributed by atoms with Gasteiger partial charge < -0.3 is 15.0 Å². The van der Waals surface area contributed by atoms with Crippen molar-refractivity contribution < 1.29 is 0 Å². The molecule has 0 fully saturated rings. The normalized spacial score (nSPS) is 10.8. The van der Waals surface area contributed by atoms with Gasteiger partial charge in [-0.15, -0.1) is 0 Å². The van der Waals surface area contributed by atoms with Crippen LogP contribution in [0.2, 0.25) is 10.0 Å². The Balaban J connectivity index is 2.01. The first-order valence-corrected chi connectivity index (χ1v) is 7.22. The van der Waals surface area contributed by atoms with Crippen molar-refractivity contribution in [2.24, 2.45) is 0 Å². The average Bonchev–Trinajstić information content (AvgIpc) is 2.92. The minimum atomic E-state index is 0.490. The predicted molar refractivity (Wildman–Crippen MR) is 86.9 cm³/mol. The lowest BCUT2D eigenvalue weighted by Gasteiger charge is -2.10. The highest BCUT2D eigenvalue weighted by Gasteiger charge is 2.08. The van der Waals surface area contributed by atoms with Crippen LogP contribution in [0.5, 0.6) is 0 Å². The lowest BCUT2D eigenvalue weighted by Crippen LogP contribution is -2.05. The molecule has 21 heavy (non-hydrogen) atoms. The Morgan fingerprint density at radius 3 is 2.86 bits per heavy atom. The summed E-state index contributed by atoms with van der Waals surface area (Å²) in [5.41, 5.74) is 1.54. The van der Waals surface area contributed by atoms with Crippen LogP contribution >= 0.6 is 23.2 Å². The minimum absolute atomic E-state index is 0.490. The maximum Gasteiger partial charge on any atom is 0.180 e. The summed E-state index contributed by atoms with van der Waals surface area (Å²) in [6.07, 6.45) is 5.50. The second kappa shape index (κ2) is 5.79. The smallest absolute Gasteiger partial charge is 0.180 e. The highest BCUT2D eigenvalue weighted by molar-refractivity contribution is 6.42. The van der Waals surface area contributed by atoms with Gasteiger partial charge in [-0.25, -0.2) is 9.97 Å². The Morgan fingerprint density at radius 1 is 1.24 bits per heavy atom. The van der Waals surface area contributed by atoms with Crippen LogP contribution in [0, 0.1) is 0 Å². The molecule has 0 atom stereocenters. The zero-order valence-electron chi connectivity index (χ0n) is 11.3. The van der Waals surface area contributed by atoms with Crippen molar-refractivity contribution in [1.82, 2.24) is 14.4 Å². The third kappa shape index (κ3) is 2.89. The Hall–Kier alpha value is -1.98. The summed E-state index contributed by atoms with van der Waals surface area (Å²) in [7, 11) is 0. The van der Waals surface area contributed by atoms with Gasteiger partial charge in [-0.3, -0.25) is 0 Å². The van der Waals surface area contributed by atoms with Gasteiger partial charge >= 0.3 is 0 Å². The van der Waals surface area contributed by atoms with Gasteiger partial charge in [-0.2, -0.15) is 0 Å². The molecule has 2 aromatic heterocycles. The molecule has 0 saturated carbocycles. The molecule has 0 aliphatic carbocycles. The molecule has 7 heteroatoms. The summed E-state index contributed by atoms with van der Waals surface area (Å²) >= 11 is 12.0. The van der Waals surface area contributed by atoms with Crippen molar-refractivity contribution in [3.63, 3.8) is 0 Å². The number of fused-ring (bicyclic) bond motifs is 1. The van der Waals surface area contributed by atoms with Gasteiger partial charge in [0.25, 0.3) is 0 Å². The van der Waals surface area contributed by atoms with E-state index in [-0.39, 0.29) is 0 Å². The van der Waals surface area contributed by atoms with E-state index in [4.69, 9.17) is 23.2 Å². The summed E-state index contributed by atoms with van der Waals surface area (Å²) in [4.78, 5) is 8.84. The lowest BCUT2D eigenvalue weighted by molar-refractivity contribution is 1.09. The Labute approximate surface area is 131 Å². The molecular formula is C14H13Cl2N5. The number of anilines is 3. The van der Waals surface area contributed by atoms with Crippen LogP contribution in [-0.4, -0.2) is 20.9 Å². The summed E-state index contributed by atoms with van der Waals surface area (Å²) in [6.45, 7) is 2.81. The van der Waals surface area contributed by atoms with Gasteiger partial charge in [0.15, 0.2) is 11.5 Å². The Morgan fingerprint density at radius 2 is 2.10 bits per heavy atom. The van der Waals surface area contributed by atoms with E-state index in [0.29, 0.717) is 15.9 Å². The number of halogens is 2. The van der Waals surface area contributed by atoms with Gasteiger partial charge in [0.05, 0.1) is 16.2 Å². The first-order valence-electron chi connectivity index (χ1n) is 6.47. The predicted octanol–water partition coefficient (Wildman–Crippen LogP) is 4.21. The lowest BCUT2D eigenvalue weighted by atomic mass is 10.3. The molecule has 0 spiro atoms. The van der Waals surface area contributed by atoms with Crippen LogP contribution in [0.4, 0.5) is 17.3 Å². The zero-order chi connectivity index (χ0) is 14.8. The number of imidazole rings is 1. The molecule has 0 radical (unpaired) electrons. The second-order valence-corrected chi connectivity index (χ2v) is 5.23. The molecule has 2 N–H and O–H groups in total. The largest absolute Gasteiger partial charge is 0.369 e. The molecular weight excluding hydrogens is 309 g/mol. The quantitative estimate of drug-likeness (QED) is 0.755. The number of hydrogen-bond acceptors (Lipinski definition) is 4. The fraction of sp³-hybridized carbons (Fsp3) is 0.143. The van der Waals surface area contributed by atoms with Crippen LogP contribution in [0.3, 0.4) is 0 Å². The first-order chi connectivity index (χ1) is 10.2. The molecule has 0 aliphatic heterocycles. The standard InChI is InChI=1S/C14H13Cl2N5/c1-2-17-12-8-21-6-5-18-14(21)13(20-12)19-9-3-4-10(15)11(16)7-9/h3-8,17H,2H2,1H3,(H,19,20). The molecule has 3 aromatic rings. The van der Waals surface area contributed by atoms with Gasteiger partial charge in [-0.05, 0) is 25.1 Å². The third-order valence-corrected chi connectivity index (χ3v) is 3.65. The zero-order valence-corrected chi connectivity index (χ0v) is 12.8. The molecule has 1 aromatic carbocycles. The highest BCUT2D eigenvalue weighted by Crippen LogP contribution is 2.27. The van der Waals surface area contributed by atoms with Gasteiger partial charge in [0.1, 0.15) is 5.82 Å². The van der Waals surface area contributed by atoms with Gasteiger partial charge in [-0.1, -0.05) is 23.2 Å². The monoisotopic (exact) mass is 321 g/mol. The fourth-order valence-electron chi connectivity index (χ4n) is 1.99. The second-order valence-electron chi connectivity index (χ2n) is 4.42. The number of hydrogen-bond donors (Lipinski definition) is 2. The van der Waals surface area contributed by atoms with Gasteiger partial charge in [0, 0.05) is 24.6 Å². The van der Waals surface area contributed by atoms with Crippen LogP contribution in [0.25, 0.3) is 5.65 Å².